The zero-order chi connectivity index (χ0) is 18.7. The monoisotopic (exact) mass is 375 g/mol. The van der Waals surface area contributed by atoms with Crippen LogP contribution in [-0.2, 0) is 10.0 Å². The molecule has 0 spiro atoms. The molecule has 1 aromatic carbocycles. The number of rotatable bonds is 4. The van der Waals surface area contributed by atoms with Gasteiger partial charge in [0.05, 0.1) is 11.0 Å². The Bertz CT molecular complexity index is 886. The predicted octanol–water partition coefficient (Wildman–Crippen LogP) is 1.50. The van der Waals surface area contributed by atoms with E-state index in [-0.39, 0.29) is 22.9 Å². The van der Waals surface area contributed by atoms with E-state index in [1.807, 2.05) is 0 Å². The molecule has 2 heterocycles. The number of hydrogen-bond acceptors (Lipinski definition) is 5. The van der Waals surface area contributed by atoms with Gasteiger partial charge in [0.1, 0.15) is 5.82 Å². The number of carbonyl (C=O) groups excluding carboxylic acids is 1. The van der Waals surface area contributed by atoms with Crippen LogP contribution >= 0.6 is 0 Å². The van der Waals surface area contributed by atoms with Gasteiger partial charge in [-0.1, -0.05) is 12.1 Å². The van der Waals surface area contributed by atoms with Crippen molar-refractivity contribution in [2.45, 2.75) is 23.8 Å². The van der Waals surface area contributed by atoms with Gasteiger partial charge < -0.3 is 5.11 Å². The lowest BCUT2D eigenvalue weighted by molar-refractivity contribution is 0.0991. The number of aromatic nitrogens is 1. The zero-order valence-corrected chi connectivity index (χ0v) is 15.3. The lowest BCUT2D eigenvalue weighted by atomic mass is 10.1. The summed E-state index contributed by atoms with van der Waals surface area (Å²) in [5, 5.41) is 9.76. The van der Waals surface area contributed by atoms with Crippen LogP contribution in [-0.4, -0.2) is 55.0 Å². The van der Waals surface area contributed by atoms with Crippen LogP contribution in [0.25, 0.3) is 0 Å². The molecule has 7 nitrogen and oxygen atoms in total. The minimum Gasteiger partial charge on any atom is -0.392 e. The summed E-state index contributed by atoms with van der Waals surface area (Å²) in [6.45, 7) is 0.444. The van der Waals surface area contributed by atoms with Crippen molar-refractivity contribution in [2.24, 2.45) is 0 Å². The van der Waals surface area contributed by atoms with Crippen LogP contribution in [0, 0.1) is 0 Å². The number of aliphatic hydroxyl groups excluding tert-OH is 1. The number of aliphatic hydroxyl groups is 1. The van der Waals surface area contributed by atoms with Gasteiger partial charge in [-0.15, -0.1) is 0 Å². The first-order valence-electron chi connectivity index (χ1n) is 8.37. The molecule has 8 heteroatoms. The molecule has 138 valence electrons. The smallest absolute Gasteiger partial charge is 0.259 e. The Morgan fingerprint density at radius 1 is 1.27 bits per heavy atom. The molecule has 1 amide bonds. The Morgan fingerprint density at radius 2 is 2.08 bits per heavy atom. The number of nitrogens with zero attached hydrogens (tertiary/aromatic N) is 3. The third-order valence-electron chi connectivity index (χ3n) is 4.38. The molecule has 3 rings (SSSR count). The molecular weight excluding hydrogens is 354 g/mol. The SMILES string of the molecule is CN(C(=O)c1cccc(S(=O)(=O)N2CCC[C@@H](O)C2)c1)c1ccccn1. The third-order valence-corrected chi connectivity index (χ3v) is 6.24. The number of pyridine rings is 1. The summed E-state index contributed by atoms with van der Waals surface area (Å²) in [7, 11) is -2.16. The van der Waals surface area contributed by atoms with Crippen molar-refractivity contribution >= 4 is 21.7 Å². The van der Waals surface area contributed by atoms with E-state index in [1.54, 1.807) is 43.6 Å². The maximum Gasteiger partial charge on any atom is 0.259 e. The Kier molecular flexibility index (Phi) is 5.36. The molecule has 0 saturated carbocycles. The first kappa shape index (κ1) is 18.5. The number of β-amino-alcohol motifs (C(OH)–C–C–N with tert-alkyl or cyclic N) is 1. The molecule has 1 fully saturated rings. The molecule has 1 aliphatic heterocycles. The topological polar surface area (TPSA) is 90.8 Å². The summed E-state index contributed by atoms with van der Waals surface area (Å²) in [4.78, 5) is 18.2. The number of piperidine rings is 1. The van der Waals surface area contributed by atoms with E-state index < -0.39 is 16.1 Å². The van der Waals surface area contributed by atoms with Gasteiger partial charge in [0, 0.05) is 31.9 Å². The van der Waals surface area contributed by atoms with E-state index in [0.29, 0.717) is 25.2 Å². The molecule has 0 bridgehead atoms. The summed E-state index contributed by atoms with van der Waals surface area (Å²) in [5.41, 5.74) is 0.261. The molecule has 0 radical (unpaired) electrons. The molecule has 26 heavy (non-hydrogen) atoms. The van der Waals surface area contributed by atoms with Gasteiger partial charge in [0.15, 0.2) is 0 Å². The van der Waals surface area contributed by atoms with Crippen molar-refractivity contribution in [2.75, 3.05) is 25.0 Å². The Morgan fingerprint density at radius 3 is 2.77 bits per heavy atom. The van der Waals surface area contributed by atoms with Crippen LogP contribution in [0.3, 0.4) is 0 Å². The van der Waals surface area contributed by atoms with E-state index >= 15 is 0 Å². The van der Waals surface area contributed by atoms with Gasteiger partial charge in [-0.3, -0.25) is 9.69 Å². The van der Waals surface area contributed by atoms with Gasteiger partial charge in [-0.25, -0.2) is 13.4 Å². The number of amides is 1. The maximum absolute atomic E-state index is 12.8. The summed E-state index contributed by atoms with van der Waals surface area (Å²) in [5.74, 6) is 0.129. The van der Waals surface area contributed by atoms with Gasteiger partial charge in [0.2, 0.25) is 10.0 Å². The highest BCUT2D eigenvalue weighted by Crippen LogP contribution is 2.22. The maximum atomic E-state index is 12.8. The highest BCUT2D eigenvalue weighted by Gasteiger charge is 2.30. The minimum absolute atomic E-state index is 0.0480. The molecule has 1 aromatic heterocycles. The van der Waals surface area contributed by atoms with E-state index in [2.05, 4.69) is 4.98 Å². The number of carbonyl (C=O) groups is 1. The first-order valence-corrected chi connectivity index (χ1v) is 9.81. The number of benzene rings is 1. The second-order valence-electron chi connectivity index (χ2n) is 6.24. The van der Waals surface area contributed by atoms with Gasteiger partial charge in [0.25, 0.3) is 5.91 Å². The fraction of sp³-hybridized carbons (Fsp3) is 0.333. The Balaban J connectivity index is 1.87. The van der Waals surface area contributed by atoms with Crippen molar-refractivity contribution in [1.82, 2.24) is 9.29 Å². The van der Waals surface area contributed by atoms with Crippen molar-refractivity contribution in [3.05, 3.63) is 54.2 Å². The second kappa shape index (κ2) is 7.53. The number of anilines is 1. The Labute approximate surface area is 152 Å². The third kappa shape index (κ3) is 3.77. The lowest BCUT2D eigenvalue weighted by Crippen LogP contribution is -2.42. The summed E-state index contributed by atoms with van der Waals surface area (Å²) in [6.07, 6.45) is 2.14. The highest BCUT2D eigenvalue weighted by atomic mass is 32.2. The van der Waals surface area contributed by atoms with Crippen LogP contribution < -0.4 is 4.90 Å². The summed E-state index contributed by atoms with van der Waals surface area (Å²) >= 11 is 0. The van der Waals surface area contributed by atoms with E-state index in [9.17, 15) is 18.3 Å². The standard InChI is InChI=1S/C18H21N3O4S/c1-20(17-9-2-3-10-19-17)18(23)14-6-4-8-16(12-14)26(24,25)21-11-5-7-15(22)13-21/h2-4,6,8-10,12,15,22H,5,7,11,13H2,1H3/t15-/m1/s1. The quantitative estimate of drug-likeness (QED) is 0.875. The molecule has 0 aliphatic carbocycles. The predicted molar refractivity (Wildman–Crippen MR) is 97.4 cm³/mol. The van der Waals surface area contributed by atoms with Crippen LogP contribution in [0.5, 0.6) is 0 Å². The molecule has 1 atom stereocenters. The minimum atomic E-state index is -3.75. The largest absolute Gasteiger partial charge is 0.392 e. The van der Waals surface area contributed by atoms with E-state index in [4.69, 9.17) is 0 Å². The van der Waals surface area contributed by atoms with Gasteiger partial charge in [-0.2, -0.15) is 4.31 Å². The van der Waals surface area contributed by atoms with Crippen LogP contribution in [0.2, 0.25) is 0 Å². The normalized spacial score (nSPS) is 18.5. The summed E-state index contributed by atoms with van der Waals surface area (Å²) < 4.78 is 26.9. The van der Waals surface area contributed by atoms with E-state index in [1.165, 1.54) is 21.3 Å². The second-order valence-corrected chi connectivity index (χ2v) is 8.18. The van der Waals surface area contributed by atoms with Crippen LogP contribution in [0.4, 0.5) is 5.82 Å². The number of sulfonamides is 1. The molecule has 0 unspecified atom stereocenters. The van der Waals surface area contributed by atoms with Crippen molar-refractivity contribution < 1.29 is 18.3 Å². The highest BCUT2D eigenvalue weighted by molar-refractivity contribution is 7.89. The fourth-order valence-electron chi connectivity index (χ4n) is 2.93. The number of hydrogen-bond donors (Lipinski definition) is 1. The zero-order valence-electron chi connectivity index (χ0n) is 14.4. The van der Waals surface area contributed by atoms with Crippen molar-refractivity contribution in [3.63, 3.8) is 0 Å². The van der Waals surface area contributed by atoms with Crippen LogP contribution in [0.15, 0.2) is 53.6 Å². The average molecular weight is 375 g/mol. The van der Waals surface area contributed by atoms with Crippen molar-refractivity contribution in [1.29, 1.82) is 0 Å². The van der Waals surface area contributed by atoms with E-state index in [0.717, 1.165) is 0 Å². The lowest BCUT2D eigenvalue weighted by Gasteiger charge is -2.29. The molecule has 1 saturated heterocycles. The van der Waals surface area contributed by atoms with Gasteiger partial charge >= 0.3 is 0 Å². The first-order chi connectivity index (χ1) is 12.4. The summed E-state index contributed by atoms with van der Waals surface area (Å²) in [6, 6.07) is 11.2. The Hall–Kier alpha value is -2.29. The fourth-order valence-corrected chi connectivity index (χ4v) is 4.49. The molecule has 2 aromatic rings. The molecule has 1 aliphatic rings. The molecule has 1 N–H and O–H groups in total. The average Bonchev–Trinajstić information content (AvgIpc) is 2.67. The van der Waals surface area contributed by atoms with Crippen molar-refractivity contribution in [3.8, 4) is 0 Å². The van der Waals surface area contributed by atoms with Crippen LogP contribution in [0.1, 0.15) is 23.2 Å². The van der Waals surface area contributed by atoms with Gasteiger partial charge in [-0.05, 0) is 43.2 Å². The molecular formula is C18H21N3O4S.